The fourth-order valence-corrected chi connectivity index (χ4v) is 9.22. The molecule has 37 heavy (non-hydrogen) atoms. The van der Waals surface area contributed by atoms with Gasteiger partial charge in [0.05, 0.1) is 4.90 Å². The first-order valence-electron chi connectivity index (χ1n) is 9.47. The molecule has 0 atom stereocenters. The Morgan fingerprint density at radius 1 is 0.784 bits per heavy atom. The first-order chi connectivity index (χ1) is 16.6. The lowest BCUT2D eigenvalue weighted by molar-refractivity contribution is -0.0562. The molecule has 0 amide bonds. The van der Waals surface area contributed by atoms with Gasteiger partial charge in [-0.3, -0.25) is 0 Å². The molecule has 7 nitrogen and oxygen atoms in total. The van der Waals surface area contributed by atoms with Crippen LogP contribution in [-0.2, 0) is 34.6 Å². The van der Waals surface area contributed by atoms with Gasteiger partial charge in [0, 0.05) is 16.6 Å². The highest BCUT2D eigenvalue weighted by Gasteiger charge is 2.69. The van der Waals surface area contributed by atoms with Crippen LogP contribution in [0, 0.1) is 11.6 Å². The van der Waals surface area contributed by atoms with Crippen LogP contribution in [0.5, 0.6) is 0 Å². The van der Waals surface area contributed by atoms with E-state index in [1.54, 1.807) is 0 Å². The van der Waals surface area contributed by atoms with E-state index in [2.05, 4.69) is 0 Å². The number of halogens is 9. The highest BCUT2D eigenvalue weighted by molar-refractivity contribution is 8.04. The molecule has 1 aliphatic carbocycles. The van der Waals surface area contributed by atoms with Crippen molar-refractivity contribution in [2.75, 3.05) is 0 Å². The number of sulfonamides is 2. The molecule has 2 aromatic carbocycles. The Balaban J connectivity index is 2.27. The molecule has 19 heteroatoms. The molecule has 1 fully saturated rings. The summed E-state index contributed by atoms with van der Waals surface area (Å²) in [7, 11) is -19.6. The van der Waals surface area contributed by atoms with E-state index in [9.17, 15) is 60.4 Å². The SMILES string of the molecule is O=S(=O)(N([C@H]1C[C@](c2cc(F)ccc2F)(S(=O)(=O)c2ccc(Cl)cc2)C1)S(=O)(=O)C(F)(F)F)C(F)(F)F. The molecule has 0 spiro atoms. The van der Waals surface area contributed by atoms with Crippen LogP contribution in [0.25, 0.3) is 0 Å². The Morgan fingerprint density at radius 3 is 1.68 bits per heavy atom. The van der Waals surface area contributed by atoms with E-state index in [1.807, 2.05) is 0 Å². The van der Waals surface area contributed by atoms with Crippen LogP contribution in [0.15, 0.2) is 47.4 Å². The van der Waals surface area contributed by atoms with Crippen LogP contribution in [0.2, 0.25) is 5.02 Å². The van der Waals surface area contributed by atoms with Crippen molar-refractivity contribution in [1.29, 1.82) is 0 Å². The minimum absolute atomic E-state index is 0.00450. The smallest absolute Gasteiger partial charge is 0.223 e. The molecule has 0 aromatic heterocycles. The monoisotopic (exact) mass is 621 g/mol. The molecule has 0 unspecified atom stereocenters. The lowest BCUT2D eigenvalue weighted by Gasteiger charge is -2.49. The van der Waals surface area contributed by atoms with Gasteiger partial charge in [-0.25, -0.2) is 34.0 Å². The lowest BCUT2D eigenvalue weighted by atomic mass is 9.75. The first kappa shape index (κ1) is 29.5. The third-order valence-electron chi connectivity index (χ3n) is 5.55. The average Bonchev–Trinajstić information content (AvgIpc) is 2.70. The predicted octanol–water partition coefficient (Wildman–Crippen LogP) is 4.45. The summed E-state index contributed by atoms with van der Waals surface area (Å²) in [6, 6.07) is 2.22. The van der Waals surface area contributed by atoms with E-state index < -0.39 is 90.3 Å². The molecule has 0 saturated heterocycles. The minimum Gasteiger partial charge on any atom is -0.223 e. The molecular weight excluding hydrogens is 610 g/mol. The number of rotatable bonds is 6. The molecule has 206 valence electrons. The summed E-state index contributed by atoms with van der Waals surface area (Å²) in [5.74, 6) is -2.71. The fourth-order valence-electron chi connectivity index (χ4n) is 3.85. The van der Waals surface area contributed by atoms with E-state index in [0.717, 1.165) is 24.3 Å². The zero-order valence-corrected chi connectivity index (χ0v) is 20.8. The van der Waals surface area contributed by atoms with Crippen LogP contribution in [0.1, 0.15) is 18.4 Å². The van der Waals surface area contributed by atoms with Crippen LogP contribution < -0.4 is 0 Å². The van der Waals surface area contributed by atoms with E-state index in [4.69, 9.17) is 11.6 Å². The van der Waals surface area contributed by atoms with Crippen LogP contribution in [0.3, 0.4) is 0 Å². The van der Waals surface area contributed by atoms with Gasteiger partial charge >= 0.3 is 31.1 Å². The maximum Gasteiger partial charge on any atom is 0.512 e. The Kier molecular flexibility index (Phi) is 7.21. The molecule has 0 heterocycles. The van der Waals surface area contributed by atoms with E-state index >= 15 is 0 Å². The third kappa shape index (κ3) is 4.70. The zero-order chi connectivity index (χ0) is 28.4. The van der Waals surface area contributed by atoms with Gasteiger partial charge in [-0.2, -0.15) is 26.3 Å². The maximum absolute atomic E-state index is 14.7. The van der Waals surface area contributed by atoms with Gasteiger partial charge in [-0.05, 0) is 55.3 Å². The number of sulfone groups is 1. The Labute approximate surface area is 209 Å². The summed E-state index contributed by atoms with van der Waals surface area (Å²) >= 11 is 5.68. The van der Waals surface area contributed by atoms with Crippen molar-refractivity contribution in [3.05, 3.63) is 64.7 Å². The molecule has 2 aromatic rings. The topological polar surface area (TPSA) is 106 Å². The van der Waals surface area contributed by atoms with Crippen LogP contribution >= 0.6 is 11.6 Å². The molecule has 0 radical (unpaired) electrons. The van der Waals surface area contributed by atoms with Crippen molar-refractivity contribution >= 4 is 41.5 Å². The second kappa shape index (κ2) is 9.03. The molecule has 0 bridgehead atoms. The molecular formula is C18H12ClF8NO6S3. The number of hydrogen-bond acceptors (Lipinski definition) is 6. The molecule has 1 aliphatic rings. The first-order valence-corrected chi connectivity index (χ1v) is 14.2. The Bertz CT molecular complexity index is 1490. The van der Waals surface area contributed by atoms with Crippen molar-refractivity contribution in [1.82, 2.24) is 3.71 Å². The molecule has 0 N–H and O–H groups in total. The summed E-state index contributed by atoms with van der Waals surface area (Å²) in [4.78, 5) is -0.692. The largest absolute Gasteiger partial charge is 0.512 e. The van der Waals surface area contributed by atoms with Gasteiger partial charge in [-0.15, -0.1) is 0 Å². The van der Waals surface area contributed by atoms with Gasteiger partial charge in [-0.1, -0.05) is 15.3 Å². The lowest BCUT2D eigenvalue weighted by Crippen LogP contribution is -2.63. The summed E-state index contributed by atoms with van der Waals surface area (Å²) in [5, 5.41) is -0.00450. The summed E-state index contributed by atoms with van der Waals surface area (Å²) in [6.45, 7) is 0. The van der Waals surface area contributed by atoms with E-state index in [1.165, 1.54) is 0 Å². The number of benzene rings is 2. The Hall–Kier alpha value is -2.02. The number of nitrogens with zero attached hydrogens (tertiary/aromatic N) is 1. The van der Waals surface area contributed by atoms with Crippen molar-refractivity contribution in [3.63, 3.8) is 0 Å². The zero-order valence-electron chi connectivity index (χ0n) is 17.6. The van der Waals surface area contributed by atoms with Crippen molar-refractivity contribution in [3.8, 4) is 0 Å². The van der Waals surface area contributed by atoms with Crippen molar-refractivity contribution in [2.45, 2.75) is 39.5 Å². The average molecular weight is 622 g/mol. The standard InChI is InChI=1S/C18H12ClF8NO6S3/c19-10-1-4-13(5-2-10)35(29,30)16(14-7-11(20)3-6-15(14)21)8-12(9-16)28(36(31,32)17(22,23)24)37(33,34)18(25,26)27/h1-7,12H,8-9H2/t12-,16-. The summed E-state index contributed by atoms with van der Waals surface area (Å²) < 4.78 is 178. The normalized spacial score (nSPS) is 21.6. The summed E-state index contributed by atoms with van der Waals surface area (Å²) in [6.07, 6.45) is -3.22. The van der Waals surface area contributed by atoms with Gasteiger partial charge in [0.15, 0.2) is 9.84 Å². The Morgan fingerprint density at radius 2 is 1.24 bits per heavy atom. The van der Waals surface area contributed by atoms with Gasteiger partial charge in [0.25, 0.3) is 0 Å². The summed E-state index contributed by atoms with van der Waals surface area (Å²) in [5.41, 5.74) is -14.2. The van der Waals surface area contributed by atoms with Gasteiger partial charge < -0.3 is 0 Å². The fraction of sp³-hybridized carbons (Fsp3) is 0.333. The number of hydrogen-bond donors (Lipinski definition) is 0. The van der Waals surface area contributed by atoms with Crippen molar-refractivity contribution in [2.24, 2.45) is 0 Å². The molecule has 1 saturated carbocycles. The highest BCUT2D eigenvalue weighted by atomic mass is 35.5. The third-order valence-corrected chi connectivity index (χ3v) is 12.2. The van der Waals surface area contributed by atoms with Gasteiger partial charge in [0.1, 0.15) is 16.4 Å². The number of alkyl halides is 6. The molecule has 0 aliphatic heterocycles. The van der Waals surface area contributed by atoms with Crippen LogP contribution in [0.4, 0.5) is 35.1 Å². The highest BCUT2D eigenvalue weighted by Crippen LogP contribution is 2.55. The predicted molar refractivity (Wildman–Crippen MR) is 111 cm³/mol. The van der Waals surface area contributed by atoms with E-state index in [-0.39, 0.29) is 5.02 Å². The van der Waals surface area contributed by atoms with Crippen LogP contribution in [-0.4, -0.2) is 46.0 Å². The van der Waals surface area contributed by atoms with Crippen molar-refractivity contribution < 1.29 is 60.4 Å². The van der Waals surface area contributed by atoms with E-state index in [0.29, 0.717) is 18.2 Å². The van der Waals surface area contributed by atoms with Gasteiger partial charge in [0.2, 0.25) is 0 Å². The maximum atomic E-state index is 14.7. The second-order valence-corrected chi connectivity index (χ2v) is 14.3. The second-order valence-electron chi connectivity index (χ2n) is 7.76. The minimum atomic E-state index is -7.26. The quantitative estimate of drug-likeness (QED) is 0.442. The molecule has 3 rings (SSSR count).